The van der Waals surface area contributed by atoms with Crippen LogP contribution in [0.5, 0.6) is 0 Å². The Hall–Kier alpha value is -2.77. The van der Waals surface area contributed by atoms with E-state index in [2.05, 4.69) is 10.6 Å². The summed E-state index contributed by atoms with van der Waals surface area (Å²) >= 11 is 0. The summed E-state index contributed by atoms with van der Waals surface area (Å²) in [6, 6.07) is -4.97. The van der Waals surface area contributed by atoms with Gasteiger partial charge in [-0.15, -0.1) is 0 Å². The van der Waals surface area contributed by atoms with Crippen molar-refractivity contribution < 1.29 is 39.3 Å². The molecule has 0 aromatic rings. The molecular weight excluding hydrogens is 426 g/mol. The Morgan fingerprint density at radius 2 is 1.78 bits per heavy atom. The number of aliphatic carboxylic acids is 2. The van der Waals surface area contributed by atoms with E-state index in [1.807, 2.05) is 0 Å². The molecule has 1 saturated heterocycles. The van der Waals surface area contributed by atoms with Gasteiger partial charge >= 0.3 is 11.9 Å². The lowest BCUT2D eigenvalue weighted by Gasteiger charge is -2.31. The Kier molecular flexibility index (Phi) is 11.0. The second kappa shape index (κ2) is 12.9. The summed E-state index contributed by atoms with van der Waals surface area (Å²) < 4.78 is 0. The number of likely N-dealkylation sites (tertiary alicyclic amines) is 1. The van der Waals surface area contributed by atoms with Crippen molar-refractivity contribution in [1.29, 1.82) is 0 Å². The number of hydrogen-bond donors (Lipinski definition) is 7. The van der Waals surface area contributed by atoms with Crippen molar-refractivity contribution in [3.05, 3.63) is 0 Å². The number of carbonyl (C=O) groups excluding carboxylic acids is 3. The van der Waals surface area contributed by atoms with Gasteiger partial charge in [-0.3, -0.25) is 19.2 Å². The van der Waals surface area contributed by atoms with E-state index >= 15 is 0 Å². The lowest BCUT2D eigenvalue weighted by molar-refractivity contribution is -0.149. The number of carbonyl (C=O) groups is 5. The molecule has 0 aromatic carbocycles. The van der Waals surface area contributed by atoms with E-state index in [-0.39, 0.29) is 13.0 Å². The van der Waals surface area contributed by atoms with E-state index in [4.69, 9.17) is 21.7 Å². The maximum Gasteiger partial charge on any atom is 0.326 e. The topological polar surface area (TPSA) is 225 Å². The molecule has 1 heterocycles. The summed E-state index contributed by atoms with van der Waals surface area (Å²) in [5, 5.41) is 32.6. The number of aliphatic hydroxyl groups excluding tert-OH is 1. The number of nitrogens with two attached hydrogens (primary N) is 2. The van der Waals surface area contributed by atoms with E-state index < -0.39 is 66.4 Å². The van der Waals surface area contributed by atoms with Crippen LogP contribution in [0.2, 0.25) is 0 Å². The zero-order chi connectivity index (χ0) is 24.4. The van der Waals surface area contributed by atoms with Crippen LogP contribution in [0.4, 0.5) is 0 Å². The number of carboxylic acids is 2. The van der Waals surface area contributed by atoms with Crippen molar-refractivity contribution in [2.24, 2.45) is 11.5 Å². The van der Waals surface area contributed by atoms with Gasteiger partial charge in [0.1, 0.15) is 18.1 Å². The average molecular weight is 460 g/mol. The molecule has 5 atom stereocenters. The average Bonchev–Trinajstić information content (AvgIpc) is 3.20. The van der Waals surface area contributed by atoms with Gasteiger partial charge in [0.05, 0.1) is 18.6 Å². The summed E-state index contributed by atoms with van der Waals surface area (Å²) in [5.74, 6) is -5.09. The molecule has 5 unspecified atom stereocenters. The van der Waals surface area contributed by atoms with Gasteiger partial charge in [-0.05, 0) is 39.2 Å². The highest BCUT2D eigenvalue weighted by molar-refractivity contribution is 5.95. The molecule has 32 heavy (non-hydrogen) atoms. The van der Waals surface area contributed by atoms with Crippen LogP contribution in [-0.4, -0.2) is 93.2 Å². The largest absolute Gasteiger partial charge is 0.481 e. The third kappa shape index (κ3) is 8.05. The van der Waals surface area contributed by atoms with Crippen LogP contribution in [0.15, 0.2) is 0 Å². The molecule has 1 fully saturated rings. The van der Waals surface area contributed by atoms with E-state index in [1.54, 1.807) is 0 Å². The molecule has 3 amide bonds. The van der Waals surface area contributed by atoms with E-state index in [9.17, 15) is 29.1 Å². The number of hydrogen-bond acceptors (Lipinski definition) is 8. The molecular formula is C19H33N5O8. The van der Waals surface area contributed by atoms with Crippen LogP contribution in [-0.2, 0) is 24.0 Å². The van der Waals surface area contributed by atoms with E-state index in [0.717, 1.165) is 4.90 Å². The summed E-state index contributed by atoms with van der Waals surface area (Å²) in [6.07, 6.45) is 0.188. The van der Waals surface area contributed by atoms with E-state index in [1.165, 1.54) is 6.92 Å². The fourth-order valence-corrected chi connectivity index (χ4v) is 3.41. The zero-order valence-electron chi connectivity index (χ0n) is 18.0. The Balaban J connectivity index is 2.86. The van der Waals surface area contributed by atoms with Crippen LogP contribution in [0.25, 0.3) is 0 Å². The molecule has 1 aliphatic heterocycles. The van der Waals surface area contributed by atoms with Crippen molar-refractivity contribution in [1.82, 2.24) is 15.5 Å². The van der Waals surface area contributed by atoms with Gasteiger partial charge in [0.15, 0.2) is 0 Å². The number of aliphatic hydroxyl groups is 1. The number of nitrogens with zero attached hydrogens (tertiary/aromatic N) is 1. The van der Waals surface area contributed by atoms with Gasteiger partial charge in [-0.25, -0.2) is 4.79 Å². The fraction of sp³-hybridized carbons (Fsp3) is 0.737. The number of carboxylic acid groups (broad SMARTS) is 2. The normalized spacial score (nSPS) is 19.5. The third-order valence-electron chi connectivity index (χ3n) is 5.18. The molecule has 1 rings (SSSR count). The maximum absolute atomic E-state index is 13.0. The summed E-state index contributed by atoms with van der Waals surface area (Å²) in [4.78, 5) is 61.2. The van der Waals surface area contributed by atoms with Crippen molar-refractivity contribution >= 4 is 29.7 Å². The van der Waals surface area contributed by atoms with Crippen LogP contribution >= 0.6 is 0 Å². The highest BCUT2D eigenvalue weighted by Crippen LogP contribution is 2.20. The van der Waals surface area contributed by atoms with Crippen molar-refractivity contribution in [3.63, 3.8) is 0 Å². The quantitative estimate of drug-likeness (QED) is 0.141. The zero-order valence-corrected chi connectivity index (χ0v) is 18.0. The minimum Gasteiger partial charge on any atom is -0.481 e. The first-order valence-corrected chi connectivity index (χ1v) is 10.5. The van der Waals surface area contributed by atoms with Gasteiger partial charge in [0.2, 0.25) is 17.7 Å². The molecule has 0 aromatic heterocycles. The second-order valence-electron chi connectivity index (χ2n) is 7.80. The number of unbranched alkanes of at least 4 members (excludes halogenated alkanes) is 1. The standard InChI is InChI=1S/C19H33N5O8/c1-10(25)15(23-16(28)11(21)5-2-3-7-20)18(30)24-8-4-6-13(24)17(29)22-12(19(31)32)9-14(26)27/h10-13,15,25H,2-9,20-21H2,1H3,(H,22,29)(H,23,28)(H,26,27)(H,31,32). The fourth-order valence-electron chi connectivity index (χ4n) is 3.41. The maximum atomic E-state index is 13.0. The van der Waals surface area contributed by atoms with Gasteiger partial charge < -0.3 is 42.3 Å². The first-order valence-electron chi connectivity index (χ1n) is 10.5. The van der Waals surface area contributed by atoms with Gasteiger partial charge in [-0.1, -0.05) is 6.42 Å². The molecule has 0 saturated carbocycles. The van der Waals surface area contributed by atoms with Crippen LogP contribution < -0.4 is 22.1 Å². The Morgan fingerprint density at radius 3 is 2.31 bits per heavy atom. The van der Waals surface area contributed by atoms with E-state index in [0.29, 0.717) is 32.2 Å². The predicted molar refractivity (Wildman–Crippen MR) is 111 cm³/mol. The minimum atomic E-state index is -1.66. The molecule has 13 heteroatoms. The Bertz CT molecular complexity index is 701. The first-order chi connectivity index (χ1) is 15.0. The van der Waals surface area contributed by atoms with Crippen molar-refractivity contribution in [3.8, 4) is 0 Å². The smallest absolute Gasteiger partial charge is 0.326 e. The number of amides is 3. The van der Waals surface area contributed by atoms with Gasteiger partial charge in [-0.2, -0.15) is 0 Å². The molecule has 0 bridgehead atoms. The molecule has 13 nitrogen and oxygen atoms in total. The van der Waals surface area contributed by atoms with Gasteiger partial charge in [0.25, 0.3) is 0 Å². The minimum absolute atomic E-state index is 0.148. The Labute approximate surface area is 185 Å². The molecule has 9 N–H and O–H groups in total. The lowest BCUT2D eigenvalue weighted by atomic mass is 10.1. The summed E-state index contributed by atoms with van der Waals surface area (Å²) in [6.45, 7) is 1.91. The lowest BCUT2D eigenvalue weighted by Crippen LogP contribution is -2.59. The summed E-state index contributed by atoms with van der Waals surface area (Å²) in [5.41, 5.74) is 11.2. The van der Waals surface area contributed by atoms with Crippen molar-refractivity contribution in [2.45, 2.75) is 75.7 Å². The molecule has 0 spiro atoms. The van der Waals surface area contributed by atoms with Crippen LogP contribution in [0.1, 0.15) is 45.4 Å². The Morgan fingerprint density at radius 1 is 1.12 bits per heavy atom. The van der Waals surface area contributed by atoms with Crippen molar-refractivity contribution in [2.75, 3.05) is 13.1 Å². The van der Waals surface area contributed by atoms with Gasteiger partial charge in [0, 0.05) is 6.54 Å². The molecule has 0 radical (unpaired) electrons. The molecule has 1 aliphatic rings. The highest BCUT2D eigenvalue weighted by atomic mass is 16.4. The SMILES string of the molecule is CC(O)C(NC(=O)C(N)CCCCN)C(=O)N1CCCC1C(=O)NC(CC(=O)O)C(=O)O. The third-order valence-corrected chi connectivity index (χ3v) is 5.18. The molecule has 182 valence electrons. The molecule has 0 aliphatic carbocycles. The number of nitrogens with one attached hydrogen (secondary N) is 2. The van der Waals surface area contributed by atoms with Crippen LogP contribution in [0.3, 0.4) is 0 Å². The monoisotopic (exact) mass is 459 g/mol. The highest BCUT2D eigenvalue weighted by Gasteiger charge is 2.40. The summed E-state index contributed by atoms with van der Waals surface area (Å²) in [7, 11) is 0. The first kappa shape index (κ1) is 27.3. The second-order valence-corrected chi connectivity index (χ2v) is 7.80. The predicted octanol–water partition coefficient (Wildman–Crippen LogP) is -2.66. The number of rotatable bonds is 13. The van der Waals surface area contributed by atoms with Crippen LogP contribution in [0, 0.1) is 0 Å².